The molecule has 0 aromatic heterocycles. The Balaban J connectivity index is 1.62. The Labute approximate surface area is 171 Å². The summed E-state index contributed by atoms with van der Waals surface area (Å²) in [5.41, 5.74) is 2.51. The molecule has 2 aromatic carbocycles. The minimum absolute atomic E-state index is 0.199. The fraction of sp³-hybridized carbons (Fsp3) is 0.409. The summed E-state index contributed by atoms with van der Waals surface area (Å²) in [7, 11) is 6.10. The third-order valence-corrected chi connectivity index (χ3v) is 5.69. The fourth-order valence-corrected chi connectivity index (χ4v) is 3.95. The van der Waals surface area contributed by atoms with Crippen molar-refractivity contribution >= 4 is 23.2 Å². The third-order valence-electron chi connectivity index (χ3n) is 5.40. The highest BCUT2D eigenvalue weighted by Gasteiger charge is 2.30. The molecule has 1 aliphatic rings. The quantitative estimate of drug-likeness (QED) is 0.729. The molecule has 0 atom stereocenters. The van der Waals surface area contributed by atoms with Crippen molar-refractivity contribution in [3.63, 3.8) is 0 Å². The van der Waals surface area contributed by atoms with Crippen LogP contribution in [0.1, 0.15) is 28.8 Å². The summed E-state index contributed by atoms with van der Waals surface area (Å²) in [6, 6.07) is 13.7. The Morgan fingerprint density at radius 2 is 1.86 bits per heavy atom. The Morgan fingerprint density at radius 3 is 2.46 bits per heavy atom. The van der Waals surface area contributed by atoms with Crippen molar-refractivity contribution in [2.24, 2.45) is 0 Å². The number of amides is 1. The number of rotatable bonds is 6. The highest BCUT2D eigenvalue weighted by atomic mass is 35.5. The van der Waals surface area contributed by atoms with Gasteiger partial charge in [0.1, 0.15) is 12.3 Å². The molecule has 0 bridgehead atoms. The number of methoxy groups -OCH3 is 1. The molecule has 0 saturated carbocycles. The second kappa shape index (κ2) is 8.95. The first-order chi connectivity index (χ1) is 13.4. The van der Waals surface area contributed by atoms with E-state index in [0.717, 1.165) is 42.8 Å². The summed E-state index contributed by atoms with van der Waals surface area (Å²) in [6.07, 6.45) is 2.21. The largest absolute Gasteiger partial charge is 0.495 e. The highest BCUT2D eigenvalue weighted by Crippen LogP contribution is 2.26. The first kappa shape index (κ1) is 20.6. The first-order valence-corrected chi connectivity index (χ1v) is 9.91. The maximum absolute atomic E-state index is 12.5. The summed E-state index contributed by atoms with van der Waals surface area (Å²) in [5.74, 6) is 0.350. The van der Waals surface area contributed by atoms with Gasteiger partial charge in [-0.25, -0.2) is 0 Å². The van der Waals surface area contributed by atoms with Crippen molar-refractivity contribution in [1.29, 1.82) is 0 Å². The molecule has 28 heavy (non-hydrogen) atoms. The summed E-state index contributed by atoms with van der Waals surface area (Å²) < 4.78 is 11.6. The van der Waals surface area contributed by atoms with Crippen molar-refractivity contribution < 1.29 is 18.8 Å². The number of anilines is 1. The predicted octanol–water partition coefficient (Wildman–Crippen LogP) is 4.36. The normalized spacial score (nSPS) is 15.3. The molecule has 0 spiro atoms. The molecule has 3 rings (SSSR count). The number of benzene rings is 2. The molecule has 1 N–H and O–H groups in total. The standard InChI is InChI=1S/C22H27ClN2O3/c1-25(2,19-10-12-28-13-11-19)15-16-4-7-18(8-5-16)24-22(26)17-6-9-21(27-3)20(23)14-17/h4-9,14,19H,10-13,15H2,1-3H3/p+1. The molecule has 0 radical (unpaired) electrons. The van der Waals surface area contributed by atoms with Gasteiger partial charge in [0.25, 0.3) is 5.91 Å². The van der Waals surface area contributed by atoms with Crippen molar-refractivity contribution in [1.82, 2.24) is 0 Å². The van der Waals surface area contributed by atoms with Crippen LogP contribution >= 0.6 is 11.6 Å². The van der Waals surface area contributed by atoms with E-state index >= 15 is 0 Å². The monoisotopic (exact) mass is 403 g/mol. The zero-order valence-corrected chi connectivity index (χ0v) is 17.5. The predicted molar refractivity (Wildman–Crippen MR) is 112 cm³/mol. The summed E-state index contributed by atoms with van der Waals surface area (Å²) in [4.78, 5) is 12.5. The van der Waals surface area contributed by atoms with Crippen LogP contribution in [0.25, 0.3) is 0 Å². The average molecular weight is 404 g/mol. The lowest BCUT2D eigenvalue weighted by molar-refractivity contribution is -0.929. The molecule has 150 valence electrons. The second-order valence-electron chi connectivity index (χ2n) is 7.78. The average Bonchev–Trinajstić information content (AvgIpc) is 2.70. The SMILES string of the molecule is COc1ccc(C(=O)Nc2ccc(C[N+](C)(C)C3CCOCC3)cc2)cc1Cl. The van der Waals surface area contributed by atoms with Crippen LogP contribution in [0.5, 0.6) is 5.75 Å². The van der Waals surface area contributed by atoms with Crippen molar-refractivity contribution in [3.05, 3.63) is 58.6 Å². The second-order valence-corrected chi connectivity index (χ2v) is 8.19. The van der Waals surface area contributed by atoms with E-state index in [4.69, 9.17) is 21.1 Å². The first-order valence-electron chi connectivity index (χ1n) is 9.53. The molecular formula is C22H28ClN2O3+. The van der Waals surface area contributed by atoms with Crippen molar-refractivity contribution in [2.45, 2.75) is 25.4 Å². The number of ether oxygens (including phenoxy) is 2. The summed E-state index contributed by atoms with van der Waals surface area (Å²) in [6.45, 7) is 2.66. The molecule has 1 saturated heterocycles. The van der Waals surface area contributed by atoms with E-state index in [9.17, 15) is 4.79 Å². The molecule has 5 nitrogen and oxygen atoms in total. The number of hydrogen-bond acceptors (Lipinski definition) is 3. The summed E-state index contributed by atoms with van der Waals surface area (Å²) >= 11 is 6.11. The highest BCUT2D eigenvalue weighted by molar-refractivity contribution is 6.32. The van der Waals surface area contributed by atoms with Crippen LogP contribution in [0, 0.1) is 0 Å². The van der Waals surface area contributed by atoms with Gasteiger partial charge in [-0.3, -0.25) is 4.79 Å². The van der Waals surface area contributed by atoms with Crippen LogP contribution < -0.4 is 10.1 Å². The Bertz CT molecular complexity index is 815. The van der Waals surface area contributed by atoms with Crippen LogP contribution in [-0.2, 0) is 11.3 Å². The molecular weight excluding hydrogens is 376 g/mol. The van der Waals surface area contributed by atoms with E-state index in [1.807, 2.05) is 12.1 Å². The summed E-state index contributed by atoms with van der Waals surface area (Å²) in [5, 5.41) is 3.33. The number of nitrogens with zero attached hydrogens (tertiary/aromatic N) is 1. The lowest BCUT2D eigenvalue weighted by Gasteiger charge is -2.40. The number of halogens is 1. The van der Waals surface area contributed by atoms with Gasteiger partial charge in [-0.1, -0.05) is 23.7 Å². The minimum atomic E-state index is -0.199. The van der Waals surface area contributed by atoms with Gasteiger partial charge in [0.2, 0.25) is 0 Å². The lowest BCUT2D eigenvalue weighted by atomic mass is 10.0. The molecule has 0 unspecified atom stereocenters. The van der Waals surface area contributed by atoms with Crippen LogP contribution in [0.15, 0.2) is 42.5 Å². The van der Waals surface area contributed by atoms with E-state index < -0.39 is 0 Å². The molecule has 2 aromatic rings. The maximum Gasteiger partial charge on any atom is 0.255 e. The number of carbonyl (C=O) groups is 1. The van der Waals surface area contributed by atoms with Gasteiger partial charge >= 0.3 is 0 Å². The zero-order chi connectivity index (χ0) is 20.1. The molecule has 1 heterocycles. The van der Waals surface area contributed by atoms with Crippen molar-refractivity contribution in [3.8, 4) is 5.75 Å². The number of quaternary nitrogens is 1. The Kier molecular flexibility index (Phi) is 6.60. The van der Waals surface area contributed by atoms with E-state index in [2.05, 4.69) is 31.5 Å². The van der Waals surface area contributed by atoms with Crippen LogP contribution in [0.3, 0.4) is 0 Å². The molecule has 1 aliphatic heterocycles. The number of carbonyl (C=O) groups excluding carboxylic acids is 1. The zero-order valence-electron chi connectivity index (χ0n) is 16.7. The minimum Gasteiger partial charge on any atom is -0.495 e. The number of hydrogen-bond donors (Lipinski definition) is 1. The fourth-order valence-electron chi connectivity index (χ4n) is 3.69. The van der Waals surface area contributed by atoms with Gasteiger partial charge in [0, 0.05) is 29.7 Å². The smallest absolute Gasteiger partial charge is 0.255 e. The Morgan fingerprint density at radius 1 is 1.18 bits per heavy atom. The van der Waals surface area contributed by atoms with Gasteiger partial charge in [-0.05, 0) is 30.3 Å². The van der Waals surface area contributed by atoms with E-state index in [1.54, 1.807) is 25.3 Å². The van der Waals surface area contributed by atoms with Gasteiger partial charge < -0.3 is 19.3 Å². The van der Waals surface area contributed by atoms with Crippen LogP contribution in [-0.4, -0.2) is 50.9 Å². The molecule has 0 aliphatic carbocycles. The van der Waals surface area contributed by atoms with Crippen LogP contribution in [0.4, 0.5) is 5.69 Å². The topological polar surface area (TPSA) is 47.6 Å². The molecule has 6 heteroatoms. The Hall–Kier alpha value is -2.08. The van der Waals surface area contributed by atoms with E-state index in [0.29, 0.717) is 22.4 Å². The van der Waals surface area contributed by atoms with Crippen LogP contribution in [0.2, 0.25) is 5.02 Å². The lowest BCUT2D eigenvalue weighted by Crippen LogP contribution is -2.50. The molecule has 1 amide bonds. The van der Waals surface area contributed by atoms with Gasteiger partial charge in [0.15, 0.2) is 0 Å². The number of nitrogens with one attached hydrogen (secondary N) is 1. The molecule has 1 fully saturated rings. The third kappa shape index (κ3) is 5.04. The van der Waals surface area contributed by atoms with Crippen molar-refractivity contribution in [2.75, 3.05) is 39.7 Å². The van der Waals surface area contributed by atoms with E-state index in [-0.39, 0.29) is 5.91 Å². The maximum atomic E-state index is 12.5. The van der Waals surface area contributed by atoms with Gasteiger partial charge in [-0.2, -0.15) is 0 Å². The van der Waals surface area contributed by atoms with Gasteiger partial charge in [0.05, 0.1) is 45.5 Å². The van der Waals surface area contributed by atoms with Gasteiger partial charge in [-0.15, -0.1) is 0 Å². The van der Waals surface area contributed by atoms with E-state index in [1.165, 1.54) is 5.56 Å².